The first-order chi connectivity index (χ1) is 11.7. The second-order valence-corrected chi connectivity index (χ2v) is 5.67. The number of nitrogens with zero attached hydrogens (tertiary/aromatic N) is 3. The number of carbonyl (C=O) groups excluding carboxylic acids is 1. The SMILES string of the molecule is COCC(=O)N(Cc1ccc(-c2noc(C(F)(F)F)n2)cc1)C(C)C. The van der Waals surface area contributed by atoms with Crippen LogP contribution in [0.1, 0.15) is 25.3 Å². The second kappa shape index (κ2) is 7.64. The first kappa shape index (κ1) is 18.9. The summed E-state index contributed by atoms with van der Waals surface area (Å²) in [6.07, 6.45) is -4.68. The van der Waals surface area contributed by atoms with E-state index in [1.54, 1.807) is 29.2 Å². The minimum Gasteiger partial charge on any atom is -0.375 e. The van der Waals surface area contributed by atoms with Gasteiger partial charge in [0.15, 0.2) is 0 Å². The maximum absolute atomic E-state index is 12.5. The predicted octanol–water partition coefficient (Wildman–Crippen LogP) is 3.14. The molecule has 6 nitrogen and oxygen atoms in total. The Morgan fingerprint density at radius 2 is 1.92 bits per heavy atom. The number of rotatable bonds is 6. The van der Waals surface area contributed by atoms with Gasteiger partial charge in [-0.05, 0) is 19.4 Å². The highest BCUT2D eigenvalue weighted by molar-refractivity contribution is 5.77. The lowest BCUT2D eigenvalue weighted by molar-refractivity contribution is -0.159. The van der Waals surface area contributed by atoms with E-state index in [0.29, 0.717) is 12.1 Å². The molecule has 1 amide bonds. The van der Waals surface area contributed by atoms with E-state index < -0.39 is 12.1 Å². The van der Waals surface area contributed by atoms with Crippen LogP contribution in [0.5, 0.6) is 0 Å². The van der Waals surface area contributed by atoms with Crippen molar-refractivity contribution in [3.63, 3.8) is 0 Å². The summed E-state index contributed by atoms with van der Waals surface area (Å²) in [6.45, 7) is 4.12. The molecule has 0 saturated heterocycles. The Morgan fingerprint density at radius 3 is 2.40 bits per heavy atom. The molecule has 0 spiro atoms. The van der Waals surface area contributed by atoms with Gasteiger partial charge in [0.2, 0.25) is 11.7 Å². The van der Waals surface area contributed by atoms with Gasteiger partial charge in [-0.25, -0.2) is 0 Å². The molecule has 0 fully saturated rings. The maximum Gasteiger partial charge on any atom is 0.471 e. The summed E-state index contributed by atoms with van der Waals surface area (Å²) in [7, 11) is 1.45. The zero-order valence-electron chi connectivity index (χ0n) is 14.0. The van der Waals surface area contributed by atoms with Crippen LogP contribution in [0.2, 0.25) is 0 Å². The Balaban J connectivity index is 2.13. The van der Waals surface area contributed by atoms with Gasteiger partial charge in [-0.2, -0.15) is 18.2 Å². The number of hydrogen-bond donors (Lipinski definition) is 0. The van der Waals surface area contributed by atoms with E-state index in [1.165, 1.54) is 7.11 Å². The lowest BCUT2D eigenvalue weighted by Crippen LogP contribution is -2.38. The van der Waals surface area contributed by atoms with Crippen LogP contribution in [0.3, 0.4) is 0 Å². The zero-order valence-corrected chi connectivity index (χ0v) is 14.0. The molecule has 9 heteroatoms. The van der Waals surface area contributed by atoms with Crippen molar-refractivity contribution in [2.24, 2.45) is 0 Å². The first-order valence-electron chi connectivity index (χ1n) is 7.51. The molecule has 0 atom stereocenters. The number of methoxy groups -OCH3 is 1. The van der Waals surface area contributed by atoms with Crippen LogP contribution < -0.4 is 0 Å². The van der Waals surface area contributed by atoms with Gasteiger partial charge >= 0.3 is 12.1 Å². The first-order valence-corrected chi connectivity index (χ1v) is 7.51. The lowest BCUT2D eigenvalue weighted by atomic mass is 10.1. The van der Waals surface area contributed by atoms with Crippen molar-refractivity contribution in [3.8, 4) is 11.4 Å². The Kier molecular flexibility index (Phi) is 5.78. The molecule has 25 heavy (non-hydrogen) atoms. The predicted molar refractivity (Wildman–Crippen MR) is 82.3 cm³/mol. The summed E-state index contributed by atoms with van der Waals surface area (Å²) in [5, 5.41) is 3.34. The van der Waals surface area contributed by atoms with Gasteiger partial charge in [-0.15, -0.1) is 0 Å². The van der Waals surface area contributed by atoms with Crippen LogP contribution in [-0.4, -0.2) is 40.7 Å². The quantitative estimate of drug-likeness (QED) is 0.794. The van der Waals surface area contributed by atoms with Gasteiger partial charge in [0, 0.05) is 25.3 Å². The standard InChI is InChI=1S/C16H18F3N3O3/c1-10(2)22(13(23)9-24-3)8-11-4-6-12(7-5-11)14-20-15(25-21-14)16(17,18)19/h4-7,10H,8-9H2,1-3H3. The van der Waals surface area contributed by atoms with Gasteiger partial charge < -0.3 is 14.2 Å². The Labute approximate surface area is 142 Å². The maximum atomic E-state index is 12.5. The van der Waals surface area contributed by atoms with Gasteiger partial charge in [0.1, 0.15) is 6.61 Å². The monoisotopic (exact) mass is 357 g/mol. The van der Waals surface area contributed by atoms with E-state index in [9.17, 15) is 18.0 Å². The van der Waals surface area contributed by atoms with Crippen molar-refractivity contribution in [1.29, 1.82) is 0 Å². The number of amides is 1. The van der Waals surface area contributed by atoms with E-state index in [4.69, 9.17) is 4.74 Å². The van der Waals surface area contributed by atoms with Crippen molar-refractivity contribution in [3.05, 3.63) is 35.7 Å². The largest absolute Gasteiger partial charge is 0.471 e. The normalized spacial score (nSPS) is 11.8. The minimum absolute atomic E-state index is 0.0145. The molecule has 2 rings (SSSR count). The minimum atomic E-state index is -4.68. The highest BCUT2D eigenvalue weighted by Crippen LogP contribution is 2.29. The summed E-state index contributed by atoms with van der Waals surface area (Å²) < 4.78 is 46.6. The fourth-order valence-electron chi connectivity index (χ4n) is 2.18. The van der Waals surface area contributed by atoms with E-state index in [2.05, 4.69) is 14.7 Å². The third-order valence-electron chi connectivity index (χ3n) is 3.45. The Bertz CT molecular complexity index is 711. The van der Waals surface area contributed by atoms with E-state index in [0.717, 1.165) is 5.56 Å². The van der Waals surface area contributed by atoms with Gasteiger partial charge in [0.25, 0.3) is 0 Å². The molecule has 1 aromatic carbocycles. The summed E-state index contributed by atoms with van der Waals surface area (Å²) in [5.74, 6) is -1.67. The van der Waals surface area contributed by atoms with Crippen LogP contribution in [-0.2, 0) is 22.3 Å². The summed E-state index contributed by atoms with van der Waals surface area (Å²) >= 11 is 0. The molecule has 0 aliphatic carbocycles. The van der Waals surface area contributed by atoms with Gasteiger partial charge in [-0.3, -0.25) is 4.79 Å². The fourth-order valence-corrected chi connectivity index (χ4v) is 2.18. The summed E-state index contributed by atoms with van der Waals surface area (Å²) in [6, 6.07) is 6.55. The number of ether oxygens (including phenoxy) is 1. The molecule has 1 heterocycles. The van der Waals surface area contributed by atoms with Crippen LogP contribution >= 0.6 is 0 Å². The molecular weight excluding hydrogens is 339 g/mol. The number of halogens is 3. The van der Waals surface area contributed by atoms with Crippen LogP contribution in [0, 0.1) is 0 Å². The van der Waals surface area contributed by atoms with Crippen molar-refractivity contribution in [2.75, 3.05) is 13.7 Å². The molecule has 0 aliphatic rings. The topological polar surface area (TPSA) is 68.5 Å². The number of alkyl halides is 3. The number of carbonyl (C=O) groups is 1. The molecule has 2 aromatic rings. The molecule has 0 radical (unpaired) electrons. The molecule has 1 aromatic heterocycles. The summed E-state index contributed by atoms with van der Waals surface area (Å²) in [4.78, 5) is 17.0. The lowest BCUT2D eigenvalue weighted by Gasteiger charge is -2.26. The van der Waals surface area contributed by atoms with Crippen LogP contribution in [0.4, 0.5) is 13.2 Å². The number of benzene rings is 1. The third-order valence-corrected chi connectivity index (χ3v) is 3.45. The fraction of sp³-hybridized carbons (Fsp3) is 0.438. The van der Waals surface area contributed by atoms with Gasteiger partial charge in [-0.1, -0.05) is 29.4 Å². The molecule has 0 bridgehead atoms. The molecule has 0 unspecified atom stereocenters. The van der Waals surface area contributed by atoms with Crippen molar-refractivity contribution in [2.45, 2.75) is 32.6 Å². The Hall–Kier alpha value is -2.42. The smallest absolute Gasteiger partial charge is 0.375 e. The average molecular weight is 357 g/mol. The highest BCUT2D eigenvalue weighted by atomic mass is 19.4. The van der Waals surface area contributed by atoms with E-state index in [1.807, 2.05) is 13.8 Å². The number of hydrogen-bond acceptors (Lipinski definition) is 5. The van der Waals surface area contributed by atoms with E-state index >= 15 is 0 Å². The van der Waals surface area contributed by atoms with Crippen LogP contribution in [0.15, 0.2) is 28.8 Å². The van der Waals surface area contributed by atoms with Crippen molar-refractivity contribution >= 4 is 5.91 Å². The number of aromatic nitrogens is 2. The van der Waals surface area contributed by atoms with Crippen molar-refractivity contribution in [1.82, 2.24) is 15.0 Å². The zero-order chi connectivity index (χ0) is 18.6. The second-order valence-electron chi connectivity index (χ2n) is 5.67. The van der Waals surface area contributed by atoms with Gasteiger partial charge in [0.05, 0.1) is 0 Å². The molecule has 0 N–H and O–H groups in total. The highest BCUT2D eigenvalue weighted by Gasteiger charge is 2.38. The Morgan fingerprint density at radius 1 is 1.28 bits per heavy atom. The molecular formula is C16H18F3N3O3. The molecule has 0 aliphatic heterocycles. The third kappa shape index (κ3) is 4.79. The molecule has 136 valence electrons. The molecule has 0 saturated carbocycles. The van der Waals surface area contributed by atoms with E-state index in [-0.39, 0.29) is 24.4 Å². The van der Waals surface area contributed by atoms with Crippen LogP contribution in [0.25, 0.3) is 11.4 Å². The average Bonchev–Trinajstić information content (AvgIpc) is 3.03. The summed E-state index contributed by atoms with van der Waals surface area (Å²) in [5.41, 5.74) is 1.21. The van der Waals surface area contributed by atoms with Crippen molar-refractivity contribution < 1.29 is 27.2 Å².